The fourth-order valence-electron chi connectivity index (χ4n) is 4.65. The standard InChI is InChI=1S/C26H28F3N5O4/c1-13-4-7-16(38-9-15-5-6-15)20(21(13)27)23-24-22(30-12-31-23)19(14(2)32-24)25(36)33-17-8-34(11-26(17,28)29)18(35)10-37-3/h4,7,12,15,17,32H,5-6,8-11H2,1-3H3,(H,33,36)/t17-/m1/s1. The Kier molecular flexibility index (Phi) is 6.76. The average molecular weight is 532 g/mol. The number of carbonyl (C=O) groups is 2. The molecule has 2 N–H and O–H groups in total. The van der Waals surface area contributed by atoms with Crippen LogP contribution in [-0.2, 0) is 9.53 Å². The highest BCUT2D eigenvalue weighted by Gasteiger charge is 2.50. The van der Waals surface area contributed by atoms with E-state index < -0.39 is 36.1 Å². The van der Waals surface area contributed by atoms with Crippen molar-refractivity contribution >= 4 is 22.8 Å². The molecule has 0 bridgehead atoms. The molecule has 0 spiro atoms. The highest BCUT2D eigenvalue weighted by Crippen LogP contribution is 2.39. The first-order chi connectivity index (χ1) is 18.1. The highest BCUT2D eigenvalue weighted by molar-refractivity contribution is 6.09. The maximum Gasteiger partial charge on any atom is 0.286 e. The van der Waals surface area contributed by atoms with E-state index in [0.29, 0.717) is 29.5 Å². The molecule has 1 saturated carbocycles. The summed E-state index contributed by atoms with van der Waals surface area (Å²) >= 11 is 0. The van der Waals surface area contributed by atoms with Crippen molar-refractivity contribution in [3.05, 3.63) is 41.1 Å². The second-order valence-corrected chi connectivity index (χ2v) is 9.89. The van der Waals surface area contributed by atoms with Crippen LogP contribution in [0.25, 0.3) is 22.3 Å². The number of hydrogen-bond acceptors (Lipinski definition) is 6. The number of hydrogen-bond donors (Lipinski definition) is 2. The Balaban J connectivity index is 1.48. The third-order valence-electron chi connectivity index (χ3n) is 6.94. The molecule has 3 heterocycles. The van der Waals surface area contributed by atoms with E-state index in [1.54, 1.807) is 26.0 Å². The van der Waals surface area contributed by atoms with Crippen LogP contribution in [0.4, 0.5) is 13.2 Å². The van der Waals surface area contributed by atoms with Crippen molar-refractivity contribution < 1.29 is 32.2 Å². The molecule has 1 saturated heterocycles. The first-order valence-electron chi connectivity index (χ1n) is 12.3. The molecule has 0 unspecified atom stereocenters. The van der Waals surface area contributed by atoms with Crippen LogP contribution in [0.2, 0.25) is 0 Å². The number of amides is 2. The van der Waals surface area contributed by atoms with Crippen molar-refractivity contribution in [1.82, 2.24) is 25.2 Å². The Morgan fingerprint density at radius 1 is 1.24 bits per heavy atom. The van der Waals surface area contributed by atoms with E-state index in [1.807, 2.05) is 0 Å². The molecule has 1 aliphatic heterocycles. The summed E-state index contributed by atoms with van der Waals surface area (Å²) < 4.78 is 55.5. The van der Waals surface area contributed by atoms with Gasteiger partial charge in [0.25, 0.3) is 11.8 Å². The van der Waals surface area contributed by atoms with Gasteiger partial charge in [0.15, 0.2) is 0 Å². The van der Waals surface area contributed by atoms with Crippen LogP contribution in [0.3, 0.4) is 0 Å². The summed E-state index contributed by atoms with van der Waals surface area (Å²) in [4.78, 5) is 37.8. The molecule has 9 nitrogen and oxygen atoms in total. The Hall–Kier alpha value is -3.67. The summed E-state index contributed by atoms with van der Waals surface area (Å²) in [7, 11) is 1.30. The maximum absolute atomic E-state index is 15.4. The molecule has 12 heteroatoms. The van der Waals surface area contributed by atoms with Crippen molar-refractivity contribution in [1.29, 1.82) is 0 Å². The largest absolute Gasteiger partial charge is 0.492 e. The van der Waals surface area contributed by atoms with Crippen LogP contribution in [0.15, 0.2) is 18.5 Å². The number of ether oxygens (including phenoxy) is 2. The van der Waals surface area contributed by atoms with Crippen molar-refractivity contribution in [2.24, 2.45) is 5.92 Å². The van der Waals surface area contributed by atoms with Gasteiger partial charge in [-0.25, -0.2) is 23.1 Å². The van der Waals surface area contributed by atoms with Gasteiger partial charge in [0.05, 0.1) is 29.8 Å². The number of carbonyl (C=O) groups excluding carboxylic acids is 2. The first-order valence-corrected chi connectivity index (χ1v) is 12.3. The number of halogens is 3. The van der Waals surface area contributed by atoms with E-state index >= 15 is 4.39 Å². The van der Waals surface area contributed by atoms with Crippen LogP contribution in [0.5, 0.6) is 5.75 Å². The molecular weight excluding hydrogens is 503 g/mol. The summed E-state index contributed by atoms with van der Waals surface area (Å²) in [6, 6.07) is 1.71. The van der Waals surface area contributed by atoms with Crippen LogP contribution >= 0.6 is 0 Å². The van der Waals surface area contributed by atoms with Crippen LogP contribution < -0.4 is 10.1 Å². The third kappa shape index (κ3) is 4.80. The molecular formula is C26H28F3N5O4. The van der Waals surface area contributed by atoms with Gasteiger partial charge in [-0.2, -0.15) is 0 Å². The number of rotatable bonds is 8. The zero-order valence-electron chi connectivity index (χ0n) is 21.2. The fourth-order valence-corrected chi connectivity index (χ4v) is 4.65. The van der Waals surface area contributed by atoms with E-state index in [4.69, 9.17) is 9.47 Å². The van der Waals surface area contributed by atoms with Gasteiger partial charge in [-0.1, -0.05) is 6.07 Å². The predicted octanol–water partition coefficient (Wildman–Crippen LogP) is 3.39. The molecule has 202 valence electrons. The lowest BCUT2D eigenvalue weighted by Crippen LogP contribution is -2.46. The number of H-pyrrole nitrogens is 1. The number of aromatic amines is 1. The molecule has 3 aromatic rings. The van der Waals surface area contributed by atoms with E-state index in [0.717, 1.165) is 17.7 Å². The maximum atomic E-state index is 15.4. The molecule has 1 aliphatic carbocycles. The summed E-state index contributed by atoms with van der Waals surface area (Å²) in [5, 5.41) is 2.36. The number of methoxy groups -OCH3 is 1. The van der Waals surface area contributed by atoms with Crippen LogP contribution in [0, 0.1) is 25.6 Å². The molecule has 5 rings (SSSR count). The Bertz CT molecular complexity index is 1410. The molecule has 1 aromatic carbocycles. The predicted molar refractivity (Wildman–Crippen MR) is 132 cm³/mol. The summed E-state index contributed by atoms with van der Waals surface area (Å²) in [5.74, 6) is -4.47. The average Bonchev–Trinajstić information content (AvgIpc) is 3.56. The van der Waals surface area contributed by atoms with Crippen molar-refractivity contribution in [3.63, 3.8) is 0 Å². The summed E-state index contributed by atoms with van der Waals surface area (Å²) in [6.07, 6.45) is 3.33. The molecule has 1 atom stereocenters. The van der Waals surface area contributed by atoms with Crippen LogP contribution in [-0.4, -0.2) is 77.0 Å². The van der Waals surface area contributed by atoms with E-state index in [9.17, 15) is 18.4 Å². The van der Waals surface area contributed by atoms with Crippen LogP contribution in [0.1, 0.15) is 34.5 Å². The lowest BCUT2D eigenvalue weighted by Gasteiger charge is -2.18. The number of alkyl halides is 2. The van der Waals surface area contributed by atoms with Gasteiger partial charge in [-0.15, -0.1) is 0 Å². The molecule has 2 aliphatic rings. The lowest BCUT2D eigenvalue weighted by molar-refractivity contribution is -0.135. The summed E-state index contributed by atoms with van der Waals surface area (Å²) in [6.45, 7) is 2.16. The minimum absolute atomic E-state index is 0.0367. The van der Waals surface area contributed by atoms with E-state index in [-0.39, 0.29) is 41.0 Å². The first kappa shape index (κ1) is 26.0. The number of benzene rings is 1. The van der Waals surface area contributed by atoms with E-state index in [2.05, 4.69) is 20.3 Å². The molecule has 0 radical (unpaired) electrons. The lowest BCUT2D eigenvalue weighted by atomic mass is 10.0. The Morgan fingerprint density at radius 2 is 2.00 bits per heavy atom. The Morgan fingerprint density at radius 3 is 2.71 bits per heavy atom. The monoisotopic (exact) mass is 531 g/mol. The number of nitrogens with zero attached hydrogens (tertiary/aromatic N) is 3. The number of likely N-dealkylation sites (tertiary alicyclic amines) is 1. The summed E-state index contributed by atoms with van der Waals surface area (Å²) in [5.41, 5.74) is 1.56. The molecule has 2 fully saturated rings. The van der Waals surface area contributed by atoms with Gasteiger partial charge in [-0.3, -0.25) is 9.59 Å². The van der Waals surface area contributed by atoms with Gasteiger partial charge < -0.3 is 24.7 Å². The molecule has 2 aromatic heterocycles. The fraction of sp³-hybridized carbons (Fsp3) is 0.462. The zero-order chi connectivity index (χ0) is 27.2. The van der Waals surface area contributed by atoms with Gasteiger partial charge in [-0.05, 0) is 44.2 Å². The molecule has 38 heavy (non-hydrogen) atoms. The zero-order valence-corrected chi connectivity index (χ0v) is 21.2. The van der Waals surface area contributed by atoms with Gasteiger partial charge in [0.1, 0.15) is 41.8 Å². The Labute approximate surface area is 216 Å². The second kappa shape index (κ2) is 9.90. The second-order valence-electron chi connectivity index (χ2n) is 9.89. The topological polar surface area (TPSA) is 109 Å². The number of aryl methyl sites for hydroxylation is 2. The van der Waals surface area contributed by atoms with Gasteiger partial charge in [0, 0.05) is 19.3 Å². The SMILES string of the molecule is COCC(=O)N1C[C@@H](NC(=O)c2c(C)[nH]c3c(-c4c(OCC5CC5)ccc(C)c4F)ncnc23)C(F)(F)C1. The molecule has 2 amide bonds. The van der Waals surface area contributed by atoms with Crippen molar-refractivity contribution in [2.45, 2.75) is 38.7 Å². The smallest absolute Gasteiger partial charge is 0.286 e. The minimum Gasteiger partial charge on any atom is -0.492 e. The third-order valence-corrected chi connectivity index (χ3v) is 6.94. The van der Waals surface area contributed by atoms with E-state index in [1.165, 1.54) is 13.4 Å². The minimum atomic E-state index is -3.34. The number of aromatic nitrogens is 3. The van der Waals surface area contributed by atoms with Gasteiger partial charge >= 0.3 is 0 Å². The van der Waals surface area contributed by atoms with Gasteiger partial charge in [0.2, 0.25) is 5.91 Å². The number of nitrogens with one attached hydrogen (secondary N) is 2. The highest BCUT2D eigenvalue weighted by atomic mass is 19.3. The van der Waals surface area contributed by atoms with Crippen molar-refractivity contribution in [3.8, 4) is 17.0 Å². The quantitative estimate of drug-likeness (QED) is 0.461. The van der Waals surface area contributed by atoms with Crippen molar-refractivity contribution in [2.75, 3.05) is 33.4 Å². The normalized spacial score (nSPS) is 18.7. The number of fused-ring (bicyclic) bond motifs is 1.